The van der Waals surface area contributed by atoms with Crippen molar-refractivity contribution in [2.75, 3.05) is 0 Å². The molecule has 0 atom stereocenters. The molecule has 0 saturated heterocycles. The second-order valence-electron chi connectivity index (χ2n) is 2.92. The molecule has 0 unspecified atom stereocenters. The number of aromatic nitrogens is 2. The highest BCUT2D eigenvalue weighted by molar-refractivity contribution is 5.72. The van der Waals surface area contributed by atoms with Gasteiger partial charge in [-0.1, -0.05) is 6.92 Å². The van der Waals surface area contributed by atoms with Crippen molar-refractivity contribution in [2.24, 2.45) is 0 Å². The fraction of sp³-hybridized carbons (Fsp3) is 0.200. The first-order chi connectivity index (χ1) is 6.83. The lowest BCUT2D eigenvalue weighted by molar-refractivity contribution is 0.111. The zero-order chi connectivity index (χ0) is 9.97. The molecule has 0 aliphatic carbocycles. The number of aromatic amines is 1. The van der Waals surface area contributed by atoms with Crippen LogP contribution in [0.5, 0.6) is 0 Å². The van der Waals surface area contributed by atoms with Gasteiger partial charge in [0.25, 0.3) is 0 Å². The first-order valence-corrected chi connectivity index (χ1v) is 4.42. The Morgan fingerprint density at radius 3 is 3.00 bits per heavy atom. The number of aldehydes is 1. The lowest BCUT2D eigenvalue weighted by atomic mass is 10.3. The number of carbonyl (C=O) groups excluding carboxylic acids is 1. The summed E-state index contributed by atoms with van der Waals surface area (Å²) in [6.45, 7) is 2.02. The van der Waals surface area contributed by atoms with Crippen LogP contribution >= 0.6 is 0 Å². The molecule has 0 aliphatic heterocycles. The van der Waals surface area contributed by atoms with Crippen molar-refractivity contribution in [3.63, 3.8) is 0 Å². The summed E-state index contributed by atoms with van der Waals surface area (Å²) in [5.41, 5.74) is 0.453. The molecule has 2 aromatic rings. The van der Waals surface area contributed by atoms with Crippen molar-refractivity contribution in [1.82, 2.24) is 9.97 Å². The van der Waals surface area contributed by atoms with Crippen LogP contribution in [0.4, 0.5) is 0 Å². The fourth-order valence-electron chi connectivity index (χ4n) is 1.22. The highest BCUT2D eigenvalue weighted by atomic mass is 16.3. The summed E-state index contributed by atoms with van der Waals surface area (Å²) < 4.78 is 5.47. The van der Waals surface area contributed by atoms with E-state index >= 15 is 0 Å². The van der Waals surface area contributed by atoms with Crippen LogP contribution in [-0.2, 0) is 6.42 Å². The predicted molar refractivity (Wildman–Crippen MR) is 51.1 cm³/mol. The molecule has 0 fully saturated rings. The minimum atomic E-state index is 0.453. The van der Waals surface area contributed by atoms with Gasteiger partial charge >= 0.3 is 0 Å². The van der Waals surface area contributed by atoms with Crippen molar-refractivity contribution in [1.29, 1.82) is 0 Å². The number of aryl methyl sites for hydroxylation is 1. The quantitative estimate of drug-likeness (QED) is 0.753. The van der Waals surface area contributed by atoms with Gasteiger partial charge in [0.15, 0.2) is 17.9 Å². The molecule has 0 saturated carbocycles. The van der Waals surface area contributed by atoms with E-state index in [-0.39, 0.29) is 0 Å². The van der Waals surface area contributed by atoms with Gasteiger partial charge in [-0.2, -0.15) is 0 Å². The molecule has 2 aromatic heterocycles. The maximum absolute atomic E-state index is 10.4. The molecule has 72 valence electrons. The van der Waals surface area contributed by atoms with Crippen LogP contribution in [-0.4, -0.2) is 16.3 Å². The van der Waals surface area contributed by atoms with Gasteiger partial charge in [-0.05, 0) is 12.1 Å². The molecular formula is C10H10N2O2. The highest BCUT2D eigenvalue weighted by Gasteiger charge is 2.07. The Morgan fingerprint density at radius 2 is 2.43 bits per heavy atom. The number of hydrogen-bond donors (Lipinski definition) is 1. The van der Waals surface area contributed by atoms with E-state index in [0.717, 1.165) is 18.5 Å². The summed E-state index contributed by atoms with van der Waals surface area (Å²) in [4.78, 5) is 17.3. The van der Waals surface area contributed by atoms with Crippen molar-refractivity contribution in [3.05, 3.63) is 29.8 Å². The summed E-state index contributed by atoms with van der Waals surface area (Å²) in [5.74, 6) is 2.16. The third-order valence-electron chi connectivity index (χ3n) is 1.97. The minimum Gasteiger partial charge on any atom is -0.458 e. The van der Waals surface area contributed by atoms with E-state index in [9.17, 15) is 4.79 Å². The summed E-state index contributed by atoms with van der Waals surface area (Å²) in [6.07, 6.45) is 3.05. The van der Waals surface area contributed by atoms with E-state index in [2.05, 4.69) is 9.97 Å². The van der Waals surface area contributed by atoms with Crippen molar-refractivity contribution in [2.45, 2.75) is 13.3 Å². The average molecular weight is 190 g/mol. The van der Waals surface area contributed by atoms with Crippen LogP contribution in [0.1, 0.15) is 23.2 Å². The van der Waals surface area contributed by atoms with Crippen LogP contribution in [0.2, 0.25) is 0 Å². The molecule has 0 aromatic carbocycles. The highest BCUT2D eigenvalue weighted by Crippen LogP contribution is 2.18. The monoisotopic (exact) mass is 190 g/mol. The van der Waals surface area contributed by atoms with Crippen LogP contribution in [0, 0.1) is 0 Å². The number of rotatable bonds is 3. The molecular weight excluding hydrogens is 180 g/mol. The van der Waals surface area contributed by atoms with Crippen molar-refractivity contribution < 1.29 is 9.21 Å². The molecule has 2 heterocycles. The fourth-order valence-corrected chi connectivity index (χ4v) is 1.22. The number of H-pyrrole nitrogens is 1. The number of hydrogen-bond acceptors (Lipinski definition) is 3. The van der Waals surface area contributed by atoms with E-state index in [1.165, 1.54) is 6.20 Å². The average Bonchev–Trinajstić information content (AvgIpc) is 2.86. The lowest BCUT2D eigenvalue weighted by Gasteiger charge is -1.89. The molecule has 1 N–H and O–H groups in total. The van der Waals surface area contributed by atoms with E-state index in [1.807, 2.05) is 19.1 Å². The van der Waals surface area contributed by atoms with E-state index in [1.54, 1.807) is 0 Å². The van der Waals surface area contributed by atoms with Gasteiger partial charge in [-0.3, -0.25) is 4.79 Å². The summed E-state index contributed by atoms with van der Waals surface area (Å²) >= 11 is 0. The van der Waals surface area contributed by atoms with E-state index in [0.29, 0.717) is 17.3 Å². The van der Waals surface area contributed by atoms with Gasteiger partial charge in [0.05, 0.1) is 11.9 Å². The molecule has 2 rings (SSSR count). The van der Waals surface area contributed by atoms with Crippen molar-refractivity contribution >= 4 is 6.29 Å². The van der Waals surface area contributed by atoms with Crippen molar-refractivity contribution in [3.8, 4) is 11.6 Å². The lowest BCUT2D eigenvalue weighted by Crippen LogP contribution is -1.79. The first-order valence-electron chi connectivity index (χ1n) is 4.42. The molecule has 0 bridgehead atoms. The largest absolute Gasteiger partial charge is 0.458 e. The van der Waals surface area contributed by atoms with Gasteiger partial charge in [0.2, 0.25) is 0 Å². The van der Waals surface area contributed by atoms with Gasteiger partial charge in [-0.25, -0.2) is 4.98 Å². The molecule has 0 radical (unpaired) electrons. The number of nitrogens with one attached hydrogen (secondary N) is 1. The van der Waals surface area contributed by atoms with E-state index < -0.39 is 0 Å². The summed E-state index contributed by atoms with van der Waals surface area (Å²) in [6, 6.07) is 3.74. The maximum atomic E-state index is 10.4. The van der Waals surface area contributed by atoms with Gasteiger partial charge < -0.3 is 9.40 Å². The number of nitrogens with zero attached hydrogens (tertiary/aromatic N) is 1. The molecule has 0 amide bonds. The van der Waals surface area contributed by atoms with E-state index in [4.69, 9.17) is 4.42 Å². The van der Waals surface area contributed by atoms with Gasteiger partial charge in [0.1, 0.15) is 5.76 Å². The molecule has 4 nitrogen and oxygen atoms in total. The SMILES string of the molecule is CCc1ccc(-c2ncc(C=O)[nH]2)o1. The topological polar surface area (TPSA) is 58.9 Å². The Morgan fingerprint density at radius 1 is 1.57 bits per heavy atom. The van der Waals surface area contributed by atoms with Crippen LogP contribution in [0.25, 0.3) is 11.6 Å². The third kappa shape index (κ3) is 1.46. The van der Waals surface area contributed by atoms with Crippen LogP contribution < -0.4 is 0 Å². The van der Waals surface area contributed by atoms with Crippen LogP contribution in [0.15, 0.2) is 22.7 Å². The Hall–Kier alpha value is -1.84. The Bertz CT molecular complexity index is 442. The maximum Gasteiger partial charge on any atom is 0.174 e. The number of furan rings is 1. The summed E-state index contributed by atoms with van der Waals surface area (Å²) in [5, 5.41) is 0. The predicted octanol–water partition coefficient (Wildman–Crippen LogP) is 2.04. The standard InChI is InChI=1S/C10H10N2O2/c1-2-8-3-4-9(14-8)10-11-5-7(6-13)12-10/h3-6H,2H2,1H3,(H,11,12). The minimum absolute atomic E-state index is 0.453. The normalized spacial score (nSPS) is 10.4. The second kappa shape index (κ2) is 3.49. The van der Waals surface area contributed by atoms with Gasteiger partial charge in [0, 0.05) is 6.42 Å². The zero-order valence-corrected chi connectivity index (χ0v) is 7.78. The van der Waals surface area contributed by atoms with Crippen LogP contribution in [0.3, 0.4) is 0 Å². The number of imidazole rings is 1. The summed E-state index contributed by atoms with van der Waals surface area (Å²) in [7, 11) is 0. The molecule has 14 heavy (non-hydrogen) atoms. The Balaban J connectivity index is 2.33. The third-order valence-corrected chi connectivity index (χ3v) is 1.97. The van der Waals surface area contributed by atoms with Gasteiger partial charge in [-0.15, -0.1) is 0 Å². The smallest absolute Gasteiger partial charge is 0.174 e. The number of carbonyl (C=O) groups is 1. The Kier molecular flexibility index (Phi) is 2.18. The molecule has 0 spiro atoms. The Labute approximate surface area is 81.0 Å². The first kappa shape index (κ1) is 8.74. The second-order valence-corrected chi connectivity index (χ2v) is 2.92. The molecule has 0 aliphatic rings. The molecule has 4 heteroatoms. The zero-order valence-electron chi connectivity index (χ0n) is 7.78.